The molecule has 1 saturated heterocycles. The maximum atomic E-state index is 14.3. The van der Waals surface area contributed by atoms with E-state index in [1.54, 1.807) is 34.6 Å². The summed E-state index contributed by atoms with van der Waals surface area (Å²) >= 11 is 0. The van der Waals surface area contributed by atoms with Gasteiger partial charge in [0.1, 0.15) is 18.8 Å². The summed E-state index contributed by atoms with van der Waals surface area (Å²) in [5.74, 6) is -3.52. The van der Waals surface area contributed by atoms with Crippen molar-refractivity contribution >= 4 is 36.4 Å². The molecule has 2 aromatic carbocycles. The highest BCUT2D eigenvalue weighted by atomic mass is 16.7. The average Bonchev–Trinajstić information content (AvgIpc) is 3.24. The summed E-state index contributed by atoms with van der Waals surface area (Å²) < 4.78 is 5.42. The number of nitrogens with zero attached hydrogens (tertiary/aromatic N) is 4. The SMILES string of the molecule is CC(C(CCCc1ccccc1)C(=O)NC(C(=O)N(C)CON(C=O)C(C)C(Cc1ccccc1)C(=O)NC(C(=O)NCCN1CCOCC1)C(C)(C)C)C(C)(C)C)N(O)C=O. The first-order chi connectivity index (χ1) is 29.3. The summed E-state index contributed by atoms with van der Waals surface area (Å²) in [5.41, 5.74) is 0.456. The lowest BCUT2D eigenvalue weighted by molar-refractivity contribution is -0.209. The van der Waals surface area contributed by atoms with Crippen molar-refractivity contribution in [2.75, 3.05) is 53.2 Å². The molecule has 0 spiro atoms. The van der Waals surface area contributed by atoms with Crippen LogP contribution in [-0.2, 0) is 51.2 Å². The second-order valence-corrected chi connectivity index (χ2v) is 18.4. The fourth-order valence-electron chi connectivity index (χ4n) is 7.34. The molecule has 1 fully saturated rings. The van der Waals surface area contributed by atoms with Crippen LogP contribution < -0.4 is 16.0 Å². The van der Waals surface area contributed by atoms with E-state index in [1.165, 1.54) is 11.9 Å². The molecule has 4 N–H and O–H groups in total. The van der Waals surface area contributed by atoms with Gasteiger partial charge in [-0.2, -0.15) is 0 Å². The normalized spacial score (nSPS) is 16.4. The van der Waals surface area contributed by atoms with Crippen LogP contribution in [-0.4, -0.2) is 139 Å². The number of rotatable bonds is 24. The summed E-state index contributed by atoms with van der Waals surface area (Å²) in [6, 6.07) is 15.4. The van der Waals surface area contributed by atoms with Gasteiger partial charge in [-0.1, -0.05) is 102 Å². The lowest BCUT2D eigenvalue weighted by atomic mass is 9.84. The average molecular weight is 866 g/mol. The van der Waals surface area contributed by atoms with Crippen LogP contribution in [0.25, 0.3) is 0 Å². The Kier molecular flexibility index (Phi) is 20.5. The molecule has 6 atom stereocenters. The lowest BCUT2D eigenvalue weighted by Crippen LogP contribution is -2.58. The Balaban J connectivity index is 1.75. The van der Waals surface area contributed by atoms with Crippen molar-refractivity contribution in [2.45, 2.75) is 105 Å². The van der Waals surface area contributed by atoms with Crippen molar-refractivity contribution < 1.29 is 43.5 Å². The smallest absolute Gasteiger partial charge is 0.247 e. The van der Waals surface area contributed by atoms with Crippen molar-refractivity contribution in [1.82, 2.24) is 35.9 Å². The van der Waals surface area contributed by atoms with Gasteiger partial charge in [0, 0.05) is 33.2 Å². The Morgan fingerprint density at radius 3 is 1.89 bits per heavy atom. The van der Waals surface area contributed by atoms with E-state index in [1.807, 2.05) is 81.4 Å². The first-order valence-electron chi connectivity index (χ1n) is 21.6. The molecule has 0 aromatic heterocycles. The summed E-state index contributed by atoms with van der Waals surface area (Å²) in [6.45, 7) is 17.7. The minimum Gasteiger partial charge on any atom is -0.379 e. The number of morpholine rings is 1. The summed E-state index contributed by atoms with van der Waals surface area (Å²) in [7, 11) is 1.47. The Hall–Kier alpha value is -4.90. The number of benzene rings is 2. The van der Waals surface area contributed by atoms with Crippen LogP contribution >= 0.6 is 0 Å². The molecular weight excluding hydrogens is 795 g/mol. The van der Waals surface area contributed by atoms with E-state index < -0.39 is 71.3 Å². The molecule has 0 bridgehead atoms. The van der Waals surface area contributed by atoms with Gasteiger partial charge in [0.05, 0.1) is 37.1 Å². The van der Waals surface area contributed by atoms with E-state index in [9.17, 15) is 34.0 Å². The second-order valence-electron chi connectivity index (χ2n) is 18.4. The van der Waals surface area contributed by atoms with Crippen molar-refractivity contribution in [2.24, 2.45) is 22.7 Å². The van der Waals surface area contributed by atoms with Gasteiger partial charge in [0.15, 0.2) is 0 Å². The molecule has 6 amide bonds. The number of hydroxylamine groups is 4. The molecule has 1 aliphatic rings. The largest absolute Gasteiger partial charge is 0.379 e. The molecule has 0 aliphatic carbocycles. The number of likely N-dealkylation sites (N-methyl/N-ethyl adjacent to an activating group) is 1. The zero-order valence-corrected chi connectivity index (χ0v) is 38.2. The number of nitrogens with one attached hydrogen (secondary N) is 3. The van der Waals surface area contributed by atoms with Gasteiger partial charge in [-0.05, 0) is 61.5 Å². The van der Waals surface area contributed by atoms with E-state index in [0.29, 0.717) is 57.0 Å². The van der Waals surface area contributed by atoms with Crippen LogP contribution in [0.5, 0.6) is 0 Å². The van der Waals surface area contributed by atoms with Crippen LogP contribution in [0.15, 0.2) is 60.7 Å². The van der Waals surface area contributed by atoms with E-state index in [0.717, 1.165) is 29.3 Å². The van der Waals surface area contributed by atoms with E-state index >= 15 is 0 Å². The minimum absolute atomic E-state index is 0.213. The fraction of sp³-hybridized carbons (Fsp3) is 0.609. The van der Waals surface area contributed by atoms with Crippen molar-refractivity contribution in [1.29, 1.82) is 0 Å². The molecule has 0 radical (unpaired) electrons. The zero-order valence-electron chi connectivity index (χ0n) is 38.2. The maximum Gasteiger partial charge on any atom is 0.247 e. The van der Waals surface area contributed by atoms with Gasteiger partial charge in [-0.3, -0.25) is 38.9 Å². The first-order valence-corrected chi connectivity index (χ1v) is 21.6. The molecule has 62 heavy (non-hydrogen) atoms. The maximum absolute atomic E-state index is 14.3. The van der Waals surface area contributed by atoms with Crippen LogP contribution in [0, 0.1) is 22.7 Å². The van der Waals surface area contributed by atoms with Crippen LogP contribution in [0.2, 0.25) is 0 Å². The monoisotopic (exact) mass is 866 g/mol. The molecule has 344 valence electrons. The number of hydrogen-bond donors (Lipinski definition) is 4. The molecule has 1 heterocycles. The molecule has 16 nitrogen and oxygen atoms in total. The number of hydrogen-bond acceptors (Lipinski definition) is 10. The van der Waals surface area contributed by atoms with Crippen molar-refractivity contribution in [3.63, 3.8) is 0 Å². The Morgan fingerprint density at radius 1 is 0.790 bits per heavy atom. The number of aryl methyl sites for hydroxylation is 1. The Labute approximate surface area is 367 Å². The van der Waals surface area contributed by atoms with E-state index in [-0.39, 0.29) is 18.7 Å². The zero-order chi connectivity index (χ0) is 46.0. The molecular formula is C46H71N7O9. The van der Waals surface area contributed by atoms with Crippen LogP contribution in [0.4, 0.5) is 0 Å². The Morgan fingerprint density at radius 2 is 1.34 bits per heavy atom. The molecule has 6 unspecified atom stereocenters. The van der Waals surface area contributed by atoms with Crippen molar-refractivity contribution in [3.05, 3.63) is 71.8 Å². The number of amides is 6. The third kappa shape index (κ3) is 16.1. The first kappa shape index (κ1) is 51.5. The Bertz CT molecular complexity index is 1710. The van der Waals surface area contributed by atoms with E-state index in [4.69, 9.17) is 9.57 Å². The molecule has 3 rings (SSSR count). The van der Waals surface area contributed by atoms with Gasteiger partial charge >= 0.3 is 0 Å². The number of ether oxygens (including phenoxy) is 1. The van der Waals surface area contributed by atoms with E-state index in [2.05, 4.69) is 20.9 Å². The topological polar surface area (TPSA) is 190 Å². The highest BCUT2D eigenvalue weighted by Gasteiger charge is 2.40. The van der Waals surface area contributed by atoms with Crippen LogP contribution in [0.3, 0.4) is 0 Å². The van der Waals surface area contributed by atoms with Crippen molar-refractivity contribution in [3.8, 4) is 0 Å². The number of carbonyl (C=O) groups excluding carboxylic acids is 6. The summed E-state index contributed by atoms with van der Waals surface area (Å²) in [5, 5.41) is 20.6. The summed E-state index contributed by atoms with van der Waals surface area (Å²) in [6.07, 6.45) is 2.51. The minimum atomic E-state index is -1.07. The van der Waals surface area contributed by atoms with Gasteiger partial charge in [0.2, 0.25) is 36.4 Å². The standard InChI is InChI=1S/C46H71N7O9/c1-33(52(60)30-54)37(22-16-21-35-17-12-10-13-18-35)41(56)49-40(46(6,7)8)44(59)50(9)32-62-53(31-55)34(2)38(29-36-19-14-11-15-20-36)42(57)48-39(45(3,4)5)43(58)47-23-24-51-25-27-61-28-26-51/h10-15,17-20,30-31,33-34,37-40,60H,16,21-29,32H2,1-9H3,(H,47,58)(H,48,57)(H,49,56). The second kappa shape index (κ2) is 24.7. The molecule has 1 aliphatic heterocycles. The predicted molar refractivity (Wildman–Crippen MR) is 235 cm³/mol. The molecule has 0 saturated carbocycles. The van der Waals surface area contributed by atoms with Gasteiger partial charge in [-0.25, -0.2) is 15.0 Å². The quantitative estimate of drug-likeness (QED) is 0.0527. The highest BCUT2D eigenvalue weighted by molar-refractivity contribution is 5.90. The van der Waals surface area contributed by atoms with Gasteiger partial charge in [0.25, 0.3) is 0 Å². The van der Waals surface area contributed by atoms with Gasteiger partial charge < -0.3 is 25.6 Å². The third-order valence-corrected chi connectivity index (χ3v) is 11.4. The highest BCUT2D eigenvalue weighted by Crippen LogP contribution is 2.26. The molecule has 16 heteroatoms. The summed E-state index contributed by atoms with van der Waals surface area (Å²) in [4.78, 5) is 89.5. The van der Waals surface area contributed by atoms with Crippen LogP contribution in [0.1, 0.15) is 79.4 Å². The number of carbonyl (C=O) groups is 6. The third-order valence-electron chi connectivity index (χ3n) is 11.4. The predicted octanol–water partition coefficient (Wildman–Crippen LogP) is 3.43. The molecule has 2 aromatic rings. The van der Waals surface area contributed by atoms with Gasteiger partial charge in [-0.15, -0.1) is 0 Å². The fourth-order valence-corrected chi connectivity index (χ4v) is 7.34. The lowest BCUT2D eigenvalue weighted by Gasteiger charge is -2.37.